The van der Waals surface area contributed by atoms with Gasteiger partial charge in [-0.05, 0) is 57.4 Å². The van der Waals surface area contributed by atoms with Gasteiger partial charge in [-0.2, -0.15) is 0 Å². The zero-order chi connectivity index (χ0) is 19.9. The lowest BCUT2D eigenvalue weighted by molar-refractivity contribution is -0.128. The first-order chi connectivity index (χ1) is 13.6. The van der Waals surface area contributed by atoms with Gasteiger partial charge in [0.25, 0.3) is 0 Å². The van der Waals surface area contributed by atoms with Crippen LogP contribution in [-0.2, 0) is 14.3 Å². The smallest absolute Gasteiger partial charge is 0.408 e. The standard InChI is InChI=1S/C18H31N5O4S/c1-27-18(26)22-14-10-11(5-8-20-14)15(24)23-17-12(6-9-28-17)16(25)21-13-4-2-3-7-19-13/h11-14,17,19-20H,2-10H2,1H3,(H,21,25)(H,22,26)(H,23,24). The van der Waals surface area contributed by atoms with Gasteiger partial charge >= 0.3 is 6.09 Å². The Bertz CT molecular complexity index is 572. The van der Waals surface area contributed by atoms with Gasteiger partial charge in [-0.25, -0.2) is 4.79 Å². The van der Waals surface area contributed by atoms with Crippen molar-refractivity contribution >= 4 is 29.7 Å². The van der Waals surface area contributed by atoms with Crippen molar-refractivity contribution in [1.82, 2.24) is 26.6 Å². The molecule has 5 N–H and O–H groups in total. The van der Waals surface area contributed by atoms with Gasteiger partial charge in [0.05, 0.1) is 30.7 Å². The molecule has 3 aliphatic rings. The van der Waals surface area contributed by atoms with Crippen molar-refractivity contribution in [2.24, 2.45) is 11.8 Å². The summed E-state index contributed by atoms with van der Waals surface area (Å²) >= 11 is 1.63. The van der Waals surface area contributed by atoms with E-state index in [2.05, 4.69) is 31.3 Å². The molecule has 0 saturated carbocycles. The third kappa shape index (κ3) is 5.74. The summed E-state index contributed by atoms with van der Waals surface area (Å²) in [4.78, 5) is 36.9. The van der Waals surface area contributed by atoms with E-state index in [1.807, 2.05) is 0 Å². The third-order valence-corrected chi connectivity index (χ3v) is 6.87. The molecule has 3 rings (SSSR count). The highest BCUT2D eigenvalue weighted by Gasteiger charge is 2.37. The Morgan fingerprint density at radius 3 is 2.50 bits per heavy atom. The van der Waals surface area contributed by atoms with Crippen molar-refractivity contribution in [2.75, 3.05) is 26.0 Å². The van der Waals surface area contributed by atoms with Gasteiger partial charge in [-0.15, -0.1) is 11.8 Å². The van der Waals surface area contributed by atoms with Crippen LogP contribution in [0.15, 0.2) is 0 Å². The van der Waals surface area contributed by atoms with Gasteiger partial charge in [0.2, 0.25) is 11.8 Å². The highest BCUT2D eigenvalue weighted by Crippen LogP contribution is 2.31. The fourth-order valence-corrected chi connectivity index (χ4v) is 5.31. The summed E-state index contributed by atoms with van der Waals surface area (Å²) in [5.74, 6) is 0.424. The predicted octanol–water partition coefficient (Wildman–Crippen LogP) is 0.0793. The summed E-state index contributed by atoms with van der Waals surface area (Å²) in [6.07, 6.45) is 4.42. The zero-order valence-electron chi connectivity index (χ0n) is 16.3. The molecule has 0 spiro atoms. The van der Waals surface area contributed by atoms with Gasteiger partial charge in [0.15, 0.2) is 0 Å². The molecule has 3 aliphatic heterocycles. The molecule has 0 aromatic rings. The average Bonchev–Trinajstić information content (AvgIpc) is 3.17. The van der Waals surface area contributed by atoms with E-state index in [-0.39, 0.29) is 41.4 Å². The molecule has 0 aromatic carbocycles. The van der Waals surface area contributed by atoms with Crippen LogP contribution in [0.4, 0.5) is 4.79 Å². The number of nitrogens with one attached hydrogen (secondary N) is 5. The minimum Gasteiger partial charge on any atom is -0.453 e. The van der Waals surface area contributed by atoms with E-state index in [0.717, 1.165) is 38.0 Å². The van der Waals surface area contributed by atoms with Gasteiger partial charge in [-0.3, -0.25) is 20.2 Å². The van der Waals surface area contributed by atoms with Crippen LogP contribution in [-0.4, -0.2) is 61.6 Å². The van der Waals surface area contributed by atoms with E-state index in [0.29, 0.717) is 19.4 Å². The molecule has 9 nitrogen and oxygen atoms in total. The Hall–Kier alpha value is -1.52. The van der Waals surface area contributed by atoms with E-state index >= 15 is 0 Å². The number of carbonyl (C=O) groups is 3. The third-order valence-electron chi connectivity index (χ3n) is 5.59. The van der Waals surface area contributed by atoms with E-state index in [1.165, 1.54) is 7.11 Å². The van der Waals surface area contributed by atoms with Crippen molar-refractivity contribution in [1.29, 1.82) is 0 Å². The molecule has 5 atom stereocenters. The number of ether oxygens (including phenoxy) is 1. The largest absolute Gasteiger partial charge is 0.453 e. The van der Waals surface area contributed by atoms with Crippen LogP contribution in [0.1, 0.15) is 38.5 Å². The molecule has 0 bridgehead atoms. The normalized spacial score (nSPS) is 33.0. The van der Waals surface area contributed by atoms with E-state index in [9.17, 15) is 14.4 Å². The second-order valence-corrected chi connectivity index (χ2v) is 8.82. The molecule has 0 aromatic heterocycles. The van der Waals surface area contributed by atoms with Crippen LogP contribution in [0.5, 0.6) is 0 Å². The summed E-state index contributed by atoms with van der Waals surface area (Å²) < 4.78 is 4.62. The maximum Gasteiger partial charge on any atom is 0.408 e. The number of rotatable bonds is 5. The summed E-state index contributed by atoms with van der Waals surface area (Å²) in [7, 11) is 1.31. The Morgan fingerprint density at radius 1 is 0.929 bits per heavy atom. The van der Waals surface area contributed by atoms with Crippen molar-refractivity contribution in [3.63, 3.8) is 0 Å². The Labute approximate surface area is 169 Å². The number of amides is 3. The summed E-state index contributed by atoms with van der Waals surface area (Å²) in [6.45, 7) is 1.57. The van der Waals surface area contributed by atoms with Gasteiger partial charge in [0, 0.05) is 5.92 Å². The first-order valence-electron chi connectivity index (χ1n) is 10.1. The number of piperidine rings is 2. The zero-order valence-corrected chi connectivity index (χ0v) is 17.1. The molecular weight excluding hydrogens is 382 g/mol. The van der Waals surface area contributed by atoms with Crippen LogP contribution < -0.4 is 26.6 Å². The lowest BCUT2D eigenvalue weighted by Gasteiger charge is -2.31. The molecular formula is C18H31N5O4S. The molecule has 0 aliphatic carbocycles. The fourth-order valence-electron chi connectivity index (χ4n) is 3.98. The number of hydrogen-bond acceptors (Lipinski definition) is 7. The van der Waals surface area contributed by atoms with E-state index in [1.54, 1.807) is 11.8 Å². The quantitative estimate of drug-likeness (QED) is 0.433. The van der Waals surface area contributed by atoms with Gasteiger partial charge in [0.1, 0.15) is 0 Å². The lowest BCUT2D eigenvalue weighted by Crippen LogP contribution is -2.54. The summed E-state index contributed by atoms with van der Waals surface area (Å²) in [6, 6.07) is 0. The minimum atomic E-state index is -0.516. The summed E-state index contributed by atoms with van der Waals surface area (Å²) in [5.41, 5.74) is 0. The molecule has 3 saturated heterocycles. The molecule has 10 heteroatoms. The predicted molar refractivity (Wildman–Crippen MR) is 106 cm³/mol. The molecule has 3 heterocycles. The van der Waals surface area contributed by atoms with Crippen LogP contribution >= 0.6 is 11.8 Å². The van der Waals surface area contributed by atoms with E-state index in [4.69, 9.17) is 0 Å². The Balaban J connectivity index is 1.49. The average molecular weight is 414 g/mol. The van der Waals surface area contributed by atoms with Crippen LogP contribution in [0.2, 0.25) is 0 Å². The molecule has 158 valence electrons. The lowest BCUT2D eigenvalue weighted by atomic mass is 9.94. The maximum absolute atomic E-state index is 12.8. The monoisotopic (exact) mass is 413 g/mol. The second-order valence-electron chi connectivity index (χ2n) is 7.57. The highest BCUT2D eigenvalue weighted by atomic mass is 32.2. The van der Waals surface area contributed by atoms with Crippen LogP contribution in [0.3, 0.4) is 0 Å². The Kier molecular flexibility index (Phi) is 7.81. The van der Waals surface area contributed by atoms with Crippen molar-refractivity contribution in [3.8, 4) is 0 Å². The molecule has 3 amide bonds. The van der Waals surface area contributed by atoms with Crippen molar-refractivity contribution < 1.29 is 19.1 Å². The molecule has 28 heavy (non-hydrogen) atoms. The number of methoxy groups -OCH3 is 1. The van der Waals surface area contributed by atoms with Crippen molar-refractivity contribution in [2.45, 2.75) is 56.2 Å². The second kappa shape index (κ2) is 10.3. The van der Waals surface area contributed by atoms with Crippen LogP contribution in [0, 0.1) is 11.8 Å². The fraction of sp³-hybridized carbons (Fsp3) is 0.833. The summed E-state index contributed by atoms with van der Waals surface area (Å²) in [5, 5.41) is 15.2. The first kappa shape index (κ1) is 21.2. The number of thioether (sulfide) groups is 1. The van der Waals surface area contributed by atoms with Crippen LogP contribution in [0.25, 0.3) is 0 Å². The molecule has 5 unspecified atom stereocenters. The SMILES string of the molecule is COC(=O)NC1CC(C(=O)NC2SCCC2C(=O)NC2CCCCN2)CCN1. The van der Waals surface area contributed by atoms with Gasteiger partial charge < -0.3 is 20.7 Å². The highest BCUT2D eigenvalue weighted by molar-refractivity contribution is 8.00. The molecule has 3 fully saturated rings. The first-order valence-corrected chi connectivity index (χ1v) is 11.2. The van der Waals surface area contributed by atoms with Crippen molar-refractivity contribution in [3.05, 3.63) is 0 Å². The number of carbonyl (C=O) groups excluding carboxylic acids is 3. The van der Waals surface area contributed by atoms with E-state index < -0.39 is 6.09 Å². The number of alkyl carbamates (subject to hydrolysis) is 1. The Morgan fingerprint density at radius 2 is 1.75 bits per heavy atom. The number of hydrogen-bond donors (Lipinski definition) is 5. The topological polar surface area (TPSA) is 121 Å². The minimum absolute atomic E-state index is 0.0187. The molecule has 0 radical (unpaired) electrons. The maximum atomic E-state index is 12.8. The van der Waals surface area contributed by atoms with Gasteiger partial charge in [-0.1, -0.05) is 0 Å².